The normalized spacial score (nSPS) is 10.8. The van der Waals surface area contributed by atoms with Crippen molar-refractivity contribution < 1.29 is 19.1 Å². The van der Waals surface area contributed by atoms with Gasteiger partial charge in [-0.05, 0) is 12.5 Å². The maximum Gasteiger partial charge on any atom is 0.338 e. The Morgan fingerprint density at radius 3 is 2.41 bits per heavy atom. The predicted octanol–water partition coefficient (Wildman–Crippen LogP) is 1.81. The van der Waals surface area contributed by atoms with Gasteiger partial charge in [-0.25, -0.2) is 9.59 Å². The van der Waals surface area contributed by atoms with Gasteiger partial charge < -0.3 is 9.47 Å². The maximum absolute atomic E-state index is 11.7. The SMILES string of the molecule is CCOC(=O)/C(=C\C(=O)OC)c1ccccc1. The van der Waals surface area contributed by atoms with Gasteiger partial charge in [0.25, 0.3) is 0 Å². The highest BCUT2D eigenvalue weighted by Gasteiger charge is 2.14. The molecule has 0 aromatic heterocycles. The molecule has 90 valence electrons. The van der Waals surface area contributed by atoms with Gasteiger partial charge in [0.2, 0.25) is 0 Å². The largest absolute Gasteiger partial charge is 0.466 e. The quantitative estimate of drug-likeness (QED) is 0.589. The first kappa shape index (κ1) is 13.0. The Hall–Kier alpha value is -2.10. The highest BCUT2D eigenvalue weighted by Crippen LogP contribution is 2.15. The standard InChI is InChI=1S/C13H14O4/c1-3-17-13(15)11(9-12(14)16-2)10-7-5-4-6-8-10/h4-9H,3H2,1-2H3/b11-9-. The van der Waals surface area contributed by atoms with Crippen LogP contribution in [0.2, 0.25) is 0 Å². The molecule has 0 bridgehead atoms. The second-order valence-corrected chi connectivity index (χ2v) is 3.17. The van der Waals surface area contributed by atoms with E-state index in [4.69, 9.17) is 4.74 Å². The minimum atomic E-state index is -0.586. The smallest absolute Gasteiger partial charge is 0.338 e. The molecule has 0 atom stereocenters. The summed E-state index contributed by atoms with van der Waals surface area (Å²) in [6.45, 7) is 1.96. The van der Waals surface area contributed by atoms with E-state index in [9.17, 15) is 9.59 Å². The molecular weight excluding hydrogens is 220 g/mol. The van der Waals surface area contributed by atoms with Gasteiger partial charge in [0, 0.05) is 6.08 Å². The molecule has 0 saturated carbocycles. The van der Waals surface area contributed by atoms with E-state index in [0.717, 1.165) is 6.08 Å². The van der Waals surface area contributed by atoms with Crippen LogP contribution >= 0.6 is 0 Å². The van der Waals surface area contributed by atoms with Gasteiger partial charge in [0.1, 0.15) is 0 Å². The fraction of sp³-hybridized carbons (Fsp3) is 0.231. The van der Waals surface area contributed by atoms with Gasteiger partial charge in [-0.15, -0.1) is 0 Å². The molecule has 0 saturated heterocycles. The highest BCUT2D eigenvalue weighted by atomic mass is 16.5. The van der Waals surface area contributed by atoms with Gasteiger partial charge in [0.15, 0.2) is 0 Å². The second-order valence-electron chi connectivity index (χ2n) is 3.17. The summed E-state index contributed by atoms with van der Waals surface area (Å²) in [5.41, 5.74) is 0.815. The number of rotatable bonds is 4. The topological polar surface area (TPSA) is 52.6 Å². The van der Waals surface area contributed by atoms with E-state index >= 15 is 0 Å². The Bertz CT molecular complexity index is 420. The lowest BCUT2D eigenvalue weighted by molar-refractivity contribution is -0.138. The van der Waals surface area contributed by atoms with Crippen LogP contribution in [-0.2, 0) is 19.1 Å². The van der Waals surface area contributed by atoms with Crippen LogP contribution in [0.5, 0.6) is 0 Å². The molecule has 17 heavy (non-hydrogen) atoms. The molecule has 4 heteroatoms. The van der Waals surface area contributed by atoms with E-state index < -0.39 is 11.9 Å². The van der Waals surface area contributed by atoms with Crippen molar-refractivity contribution in [3.63, 3.8) is 0 Å². The number of esters is 2. The van der Waals surface area contributed by atoms with Crippen LogP contribution in [0.1, 0.15) is 12.5 Å². The molecule has 1 aromatic carbocycles. The number of hydrogen-bond donors (Lipinski definition) is 0. The van der Waals surface area contributed by atoms with Crippen LogP contribution in [0, 0.1) is 0 Å². The van der Waals surface area contributed by atoms with Crippen molar-refractivity contribution in [2.24, 2.45) is 0 Å². The van der Waals surface area contributed by atoms with Gasteiger partial charge in [-0.1, -0.05) is 30.3 Å². The maximum atomic E-state index is 11.7. The number of ether oxygens (including phenoxy) is 2. The zero-order valence-corrected chi connectivity index (χ0v) is 9.80. The molecule has 1 rings (SSSR count). The summed E-state index contributed by atoms with van der Waals surface area (Å²) in [5, 5.41) is 0. The lowest BCUT2D eigenvalue weighted by atomic mass is 10.1. The summed E-state index contributed by atoms with van der Waals surface area (Å²) in [4.78, 5) is 22.9. The fourth-order valence-corrected chi connectivity index (χ4v) is 1.26. The Labute approximate surface area is 99.8 Å². The minimum absolute atomic E-state index is 0.194. The number of benzene rings is 1. The van der Waals surface area contributed by atoms with E-state index in [-0.39, 0.29) is 12.2 Å². The molecule has 0 aliphatic carbocycles. The Morgan fingerprint density at radius 2 is 1.88 bits per heavy atom. The van der Waals surface area contributed by atoms with Crippen molar-refractivity contribution in [3.05, 3.63) is 42.0 Å². The summed E-state index contributed by atoms with van der Waals surface area (Å²) in [7, 11) is 1.26. The van der Waals surface area contributed by atoms with E-state index in [1.165, 1.54) is 7.11 Å². The number of hydrogen-bond acceptors (Lipinski definition) is 4. The lowest BCUT2D eigenvalue weighted by Crippen LogP contribution is -2.09. The molecule has 0 fully saturated rings. The summed E-state index contributed by atoms with van der Waals surface area (Å²) < 4.78 is 9.40. The summed E-state index contributed by atoms with van der Waals surface area (Å²) in [6.07, 6.45) is 1.13. The third-order valence-corrected chi connectivity index (χ3v) is 2.04. The van der Waals surface area contributed by atoms with Crippen LogP contribution in [-0.4, -0.2) is 25.7 Å². The van der Waals surface area contributed by atoms with Crippen LogP contribution in [0.4, 0.5) is 0 Å². The average Bonchev–Trinajstić information content (AvgIpc) is 2.36. The van der Waals surface area contributed by atoms with Crippen molar-refractivity contribution >= 4 is 17.5 Å². The van der Waals surface area contributed by atoms with E-state index in [1.54, 1.807) is 31.2 Å². The molecule has 0 aliphatic heterocycles. The van der Waals surface area contributed by atoms with Gasteiger partial charge in [-0.2, -0.15) is 0 Å². The summed E-state index contributed by atoms with van der Waals surface area (Å²) in [5.74, 6) is -1.12. The molecule has 1 aromatic rings. The number of carbonyl (C=O) groups is 2. The second kappa shape index (κ2) is 6.48. The molecule has 0 radical (unpaired) electrons. The molecule has 0 amide bonds. The Balaban J connectivity index is 3.07. The van der Waals surface area contributed by atoms with Crippen molar-refractivity contribution in [1.82, 2.24) is 0 Å². The zero-order valence-electron chi connectivity index (χ0n) is 9.80. The van der Waals surface area contributed by atoms with Gasteiger partial charge in [-0.3, -0.25) is 0 Å². The lowest BCUT2D eigenvalue weighted by Gasteiger charge is -2.06. The van der Waals surface area contributed by atoms with Crippen molar-refractivity contribution in [2.75, 3.05) is 13.7 Å². The molecule has 0 aliphatic rings. The van der Waals surface area contributed by atoms with Crippen LogP contribution in [0.15, 0.2) is 36.4 Å². The third kappa shape index (κ3) is 3.75. The summed E-state index contributed by atoms with van der Waals surface area (Å²) >= 11 is 0. The van der Waals surface area contributed by atoms with Crippen LogP contribution < -0.4 is 0 Å². The molecule has 0 heterocycles. The molecule has 0 N–H and O–H groups in total. The van der Waals surface area contributed by atoms with E-state index in [1.807, 2.05) is 6.07 Å². The average molecular weight is 234 g/mol. The Kier molecular flexibility index (Phi) is 4.94. The monoisotopic (exact) mass is 234 g/mol. The Morgan fingerprint density at radius 1 is 1.24 bits per heavy atom. The first-order valence-corrected chi connectivity index (χ1v) is 5.21. The van der Waals surface area contributed by atoms with E-state index in [2.05, 4.69) is 4.74 Å². The molecule has 0 unspecified atom stereocenters. The van der Waals surface area contributed by atoms with Gasteiger partial charge >= 0.3 is 11.9 Å². The van der Waals surface area contributed by atoms with Gasteiger partial charge in [0.05, 0.1) is 19.3 Å². The first-order valence-electron chi connectivity index (χ1n) is 5.21. The summed E-state index contributed by atoms with van der Waals surface area (Å²) in [6, 6.07) is 8.83. The zero-order chi connectivity index (χ0) is 12.7. The van der Waals surface area contributed by atoms with Crippen LogP contribution in [0.25, 0.3) is 5.57 Å². The van der Waals surface area contributed by atoms with E-state index in [0.29, 0.717) is 5.56 Å². The first-order chi connectivity index (χ1) is 8.19. The van der Waals surface area contributed by atoms with Crippen molar-refractivity contribution in [3.8, 4) is 0 Å². The molecule has 4 nitrogen and oxygen atoms in total. The molecule has 0 spiro atoms. The van der Waals surface area contributed by atoms with Crippen molar-refractivity contribution in [1.29, 1.82) is 0 Å². The highest BCUT2D eigenvalue weighted by molar-refractivity contribution is 6.20. The minimum Gasteiger partial charge on any atom is -0.466 e. The molecular formula is C13H14O4. The van der Waals surface area contributed by atoms with Crippen molar-refractivity contribution in [2.45, 2.75) is 6.92 Å². The number of carbonyl (C=O) groups excluding carboxylic acids is 2. The van der Waals surface area contributed by atoms with Crippen LogP contribution in [0.3, 0.4) is 0 Å². The number of methoxy groups -OCH3 is 1. The predicted molar refractivity (Wildman–Crippen MR) is 63.1 cm³/mol. The fourth-order valence-electron chi connectivity index (χ4n) is 1.26. The third-order valence-electron chi connectivity index (χ3n) is 2.04.